The van der Waals surface area contributed by atoms with Gasteiger partial charge in [-0.2, -0.15) is 9.78 Å². The molecule has 164 valence electrons. The van der Waals surface area contributed by atoms with Crippen LogP contribution in [0.2, 0.25) is 10.0 Å². The maximum Gasteiger partial charge on any atom is 0.291 e. The Morgan fingerprint density at radius 2 is 1.74 bits per heavy atom. The van der Waals surface area contributed by atoms with Gasteiger partial charge in [0.2, 0.25) is 10.0 Å². The lowest BCUT2D eigenvalue weighted by Crippen LogP contribution is -2.30. The molecule has 0 amide bonds. The molecule has 0 bridgehead atoms. The van der Waals surface area contributed by atoms with E-state index in [1.807, 2.05) is 30.3 Å². The number of rotatable bonds is 9. The van der Waals surface area contributed by atoms with Crippen LogP contribution in [0.3, 0.4) is 0 Å². The molecule has 1 N–H and O–H groups in total. The number of para-hydroxylation sites is 1. The monoisotopic (exact) mass is 480 g/mol. The van der Waals surface area contributed by atoms with Gasteiger partial charge < -0.3 is 4.90 Å². The summed E-state index contributed by atoms with van der Waals surface area (Å²) in [7, 11) is -3.68. The Bertz CT molecular complexity index is 1180. The third kappa shape index (κ3) is 5.65. The summed E-state index contributed by atoms with van der Waals surface area (Å²) < 4.78 is 28.8. The molecular weight excluding hydrogens is 459 g/mol. The van der Waals surface area contributed by atoms with Crippen LogP contribution < -0.4 is 15.2 Å². The van der Waals surface area contributed by atoms with Gasteiger partial charge in [0.05, 0.1) is 21.8 Å². The van der Waals surface area contributed by atoms with Crippen molar-refractivity contribution < 1.29 is 8.42 Å². The second-order valence-corrected chi connectivity index (χ2v) is 9.24. The summed E-state index contributed by atoms with van der Waals surface area (Å²) in [5.74, 6) is 0. The number of sulfonamides is 1. The fraction of sp³-hybridized carbons (Fsp3) is 0.238. The van der Waals surface area contributed by atoms with Crippen molar-refractivity contribution in [2.75, 3.05) is 24.5 Å². The SMILES string of the molecule is CCN(CCCNS(=O)(=O)c1ccc(-n2ncc(Cl)c(Cl)c2=O)cc1)c1ccccc1. The van der Waals surface area contributed by atoms with E-state index in [-0.39, 0.29) is 14.9 Å². The third-order valence-electron chi connectivity index (χ3n) is 4.67. The molecule has 0 spiro atoms. The molecule has 0 atom stereocenters. The van der Waals surface area contributed by atoms with Crippen LogP contribution in [0.1, 0.15) is 13.3 Å². The second kappa shape index (κ2) is 10.3. The fourth-order valence-electron chi connectivity index (χ4n) is 3.03. The lowest BCUT2D eigenvalue weighted by atomic mass is 10.2. The molecule has 0 saturated heterocycles. The van der Waals surface area contributed by atoms with Crippen LogP contribution in [0.5, 0.6) is 0 Å². The minimum absolute atomic E-state index is 0.0558. The molecule has 31 heavy (non-hydrogen) atoms. The topological polar surface area (TPSA) is 84.3 Å². The number of benzene rings is 2. The summed E-state index contributed by atoms with van der Waals surface area (Å²) >= 11 is 11.6. The van der Waals surface area contributed by atoms with Crippen molar-refractivity contribution in [2.45, 2.75) is 18.2 Å². The largest absolute Gasteiger partial charge is 0.372 e. The van der Waals surface area contributed by atoms with Crippen LogP contribution in [0.15, 0.2) is 70.5 Å². The average Bonchev–Trinajstić information content (AvgIpc) is 2.78. The van der Waals surface area contributed by atoms with Gasteiger partial charge in [0.15, 0.2) is 0 Å². The Balaban J connectivity index is 1.62. The van der Waals surface area contributed by atoms with Gasteiger partial charge >= 0.3 is 0 Å². The van der Waals surface area contributed by atoms with Crippen molar-refractivity contribution in [1.29, 1.82) is 0 Å². The van der Waals surface area contributed by atoms with Crippen LogP contribution in [-0.4, -0.2) is 37.8 Å². The zero-order valence-corrected chi connectivity index (χ0v) is 19.2. The quantitative estimate of drug-likeness (QED) is 0.471. The Morgan fingerprint density at radius 3 is 2.39 bits per heavy atom. The Labute approximate surface area is 191 Å². The van der Waals surface area contributed by atoms with E-state index >= 15 is 0 Å². The van der Waals surface area contributed by atoms with Gasteiger partial charge in [-0.25, -0.2) is 13.1 Å². The molecule has 2 aromatic carbocycles. The highest BCUT2D eigenvalue weighted by atomic mass is 35.5. The van der Waals surface area contributed by atoms with E-state index in [1.165, 1.54) is 30.5 Å². The van der Waals surface area contributed by atoms with Crippen molar-refractivity contribution in [3.05, 3.63) is 81.2 Å². The van der Waals surface area contributed by atoms with E-state index in [9.17, 15) is 13.2 Å². The standard InChI is InChI=1S/C21H22Cl2N4O3S/c1-2-26(16-7-4-3-5-8-16)14-6-13-25-31(29,30)18-11-9-17(10-12-18)27-21(28)20(23)19(22)15-24-27/h3-5,7-12,15,25H,2,6,13-14H2,1H3. The number of nitrogens with zero attached hydrogens (tertiary/aromatic N) is 3. The minimum atomic E-state index is -3.68. The Morgan fingerprint density at radius 1 is 1.06 bits per heavy atom. The smallest absolute Gasteiger partial charge is 0.291 e. The zero-order valence-electron chi connectivity index (χ0n) is 16.8. The van der Waals surface area contributed by atoms with Gasteiger partial charge in [-0.05, 0) is 49.7 Å². The summed E-state index contributed by atoms with van der Waals surface area (Å²) in [6.45, 7) is 3.93. The maximum absolute atomic E-state index is 12.6. The van der Waals surface area contributed by atoms with Crippen LogP contribution in [0, 0.1) is 0 Å². The normalized spacial score (nSPS) is 11.5. The predicted octanol–water partition coefficient (Wildman–Crippen LogP) is 3.73. The first-order valence-corrected chi connectivity index (χ1v) is 11.9. The number of halogens is 2. The molecule has 0 radical (unpaired) electrons. The summed E-state index contributed by atoms with van der Waals surface area (Å²) in [6.07, 6.45) is 1.91. The van der Waals surface area contributed by atoms with Gasteiger partial charge in [0.1, 0.15) is 5.02 Å². The predicted molar refractivity (Wildman–Crippen MR) is 124 cm³/mol. The fourth-order valence-corrected chi connectivity index (χ4v) is 4.36. The van der Waals surface area contributed by atoms with Crippen molar-refractivity contribution in [1.82, 2.24) is 14.5 Å². The number of hydrogen-bond donors (Lipinski definition) is 1. The molecular formula is C21H22Cl2N4O3S. The van der Waals surface area contributed by atoms with E-state index in [0.29, 0.717) is 18.7 Å². The summed E-state index contributed by atoms with van der Waals surface area (Å²) in [4.78, 5) is 14.5. The molecule has 0 aliphatic carbocycles. The van der Waals surface area contributed by atoms with E-state index in [2.05, 4.69) is 21.6 Å². The molecule has 0 unspecified atom stereocenters. The molecule has 10 heteroatoms. The molecule has 1 aromatic heterocycles. The number of anilines is 1. The first kappa shape index (κ1) is 23.3. The molecule has 0 aliphatic heterocycles. The Kier molecular flexibility index (Phi) is 7.72. The third-order valence-corrected chi connectivity index (χ3v) is 6.89. The van der Waals surface area contributed by atoms with Crippen LogP contribution >= 0.6 is 23.2 Å². The van der Waals surface area contributed by atoms with E-state index in [1.54, 1.807) is 0 Å². The van der Waals surface area contributed by atoms with Crippen LogP contribution in [0.4, 0.5) is 5.69 Å². The highest BCUT2D eigenvalue weighted by Crippen LogP contribution is 2.17. The average molecular weight is 481 g/mol. The molecule has 0 aliphatic rings. The highest BCUT2D eigenvalue weighted by molar-refractivity contribution is 7.89. The zero-order chi connectivity index (χ0) is 22.4. The summed E-state index contributed by atoms with van der Waals surface area (Å²) in [5, 5.41) is 3.84. The van der Waals surface area contributed by atoms with Gasteiger partial charge in [-0.15, -0.1) is 0 Å². The maximum atomic E-state index is 12.6. The van der Waals surface area contributed by atoms with Gasteiger partial charge in [-0.3, -0.25) is 4.79 Å². The first-order chi connectivity index (χ1) is 14.8. The highest BCUT2D eigenvalue weighted by Gasteiger charge is 2.15. The molecule has 3 aromatic rings. The van der Waals surface area contributed by atoms with Crippen LogP contribution in [-0.2, 0) is 10.0 Å². The second-order valence-electron chi connectivity index (χ2n) is 6.68. The number of nitrogens with one attached hydrogen (secondary N) is 1. The lowest BCUT2D eigenvalue weighted by molar-refractivity contribution is 0.578. The van der Waals surface area contributed by atoms with Crippen LogP contribution in [0.25, 0.3) is 5.69 Å². The van der Waals surface area contributed by atoms with Gasteiger partial charge in [0.25, 0.3) is 5.56 Å². The summed E-state index contributed by atoms with van der Waals surface area (Å²) in [5.41, 5.74) is 0.903. The molecule has 3 rings (SSSR count). The lowest BCUT2D eigenvalue weighted by Gasteiger charge is -2.23. The van der Waals surface area contributed by atoms with Crippen molar-refractivity contribution in [2.24, 2.45) is 0 Å². The Hall–Kier alpha value is -2.39. The van der Waals surface area contributed by atoms with Gasteiger partial charge in [0, 0.05) is 25.3 Å². The number of aromatic nitrogens is 2. The first-order valence-electron chi connectivity index (χ1n) is 9.67. The van der Waals surface area contributed by atoms with E-state index in [4.69, 9.17) is 23.2 Å². The molecule has 0 fully saturated rings. The van der Waals surface area contributed by atoms with E-state index in [0.717, 1.165) is 23.5 Å². The molecule has 0 saturated carbocycles. The summed E-state index contributed by atoms with van der Waals surface area (Å²) in [6, 6.07) is 15.8. The molecule has 7 nitrogen and oxygen atoms in total. The van der Waals surface area contributed by atoms with E-state index < -0.39 is 15.6 Å². The van der Waals surface area contributed by atoms with Gasteiger partial charge in [-0.1, -0.05) is 41.4 Å². The van der Waals surface area contributed by atoms with Crippen molar-refractivity contribution >= 4 is 38.9 Å². The molecule has 1 heterocycles. The van der Waals surface area contributed by atoms with Crippen molar-refractivity contribution in [3.8, 4) is 5.69 Å². The minimum Gasteiger partial charge on any atom is -0.372 e. The number of hydrogen-bond acceptors (Lipinski definition) is 5. The van der Waals surface area contributed by atoms with Crippen molar-refractivity contribution in [3.63, 3.8) is 0 Å².